The van der Waals surface area contributed by atoms with E-state index in [1.165, 1.54) is 6.08 Å². The molecule has 0 fully saturated rings. The van der Waals surface area contributed by atoms with Gasteiger partial charge in [-0.3, -0.25) is 4.79 Å². The Bertz CT molecular complexity index is 751. The van der Waals surface area contributed by atoms with Gasteiger partial charge in [-0.25, -0.2) is 0 Å². The van der Waals surface area contributed by atoms with E-state index in [1.54, 1.807) is 26.4 Å². The van der Waals surface area contributed by atoms with Crippen LogP contribution in [0.3, 0.4) is 0 Å². The molecule has 0 heterocycles. The number of benzene rings is 2. The first-order valence-corrected chi connectivity index (χ1v) is 8.15. The Hall–Kier alpha value is -2.75. The van der Waals surface area contributed by atoms with Crippen molar-refractivity contribution in [2.45, 2.75) is 26.2 Å². The minimum atomic E-state index is -0.182. The number of rotatable bonds is 5. The summed E-state index contributed by atoms with van der Waals surface area (Å²) in [6, 6.07) is 13.3. The number of para-hydroxylation sites is 1. The van der Waals surface area contributed by atoms with Crippen LogP contribution in [0.15, 0.2) is 48.5 Å². The third kappa shape index (κ3) is 5.11. The maximum Gasteiger partial charge on any atom is 0.248 e. The van der Waals surface area contributed by atoms with E-state index in [0.717, 1.165) is 16.8 Å². The zero-order chi connectivity index (χ0) is 18.4. The van der Waals surface area contributed by atoms with Gasteiger partial charge in [-0.15, -0.1) is 0 Å². The number of hydrogen-bond donors (Lipinski definition) is 1. The van der Waals surface area contributed by atoms with Crippen LogP contribution < -0.4 is 14.8 Å². The Labute approximate surface area is 149 Å². The Balaban J connectivity index is 2.17. The van der Waals surface area contributed by atoms with Crippen LogP contribution in [0.5, 0.6) is 11.5 Å². The van der Waals surface area contributed by atoms with Crippen molar-refractivity contribution in [2.75, 3.05) is 19.5 Å². The van der Waals surface area contributed by atoms with Gasteiger partial charge in [0, 0.05) is 17.8 Å². The zero-order valence-corrected chi connectivity index (χ0v) is 15.4. The molecule has 1 N–H and O–H groups in total. The van der Waals surface area contributed by atoms with Gasteiger partial charge in [-0.1, -0.05) is 39.0 Å². The molecule has 0 aromatic heterocycles. The normalized spacial score (nSPS) is 11.4. The fraction of sp³-hybridized carbons (Fsp3) is 0.286. The predicted octanol–water partition coefficient (Wildman–Crippen LogP) is 4.65. The molecular weight excluding hydrogens is 314 g/mol. The van der Waals surface area contributed by atoms with E-state index in [0.29, 0.717) is 11.5 Å². The molecule has 0 aliphatic heterocycles. The zero-order valence-electron chi connectivity index (χ0n) is 15.4. The first-order valence-electron chi connectivity index (χ1n) is 8.15. The summed E-state index contributed by atoms with van der Waals surface area (Å²) in [5.74, 6) is 1.17. The van der Waals surface area contributed by atoms with Gasteiger partial charge in [0.05, 0.1) is 14.2 Å². The monoisotopic (exact) mass is 339 g/mol. The third-order valence-corrected chi connectivity index (χ3v) is 3.79. The Morgan fingerprint density at radius 2 is 1.60 bits per heavy atom. The summed E-state index contributed by atoms with van der Waals surface area (Å²) in [5, 5.41) is 2.96. The second-order valence-electron chi connectivity index (χ2n) is 6.76. The van der Waals surface area contributed by atoms with Crippen LogP contribution in [0.2, 0.25) is 0 Å². The molecule has 2 rings (SSSR count). The molecule has 1 amide bonds. The molecule has 4 heteroatoms. The van der Waals surface area contributed by atoms with Crippen molar-refractivity contribution in [1.82, 2.24) is 0 Å². The van der Waals surface area contributed by atoms with Crippen molar-refractivity contribution >= 4 is 17.7 Å². The number of anilines is 1. The molecule has 0 saturated carbocycles. The van der Waals surface area contributed by atoms with Gasteiger partial charge >= 0.3 is 0 Å². The van der Waals surface area contributed by atoms with Gasteiger partial charge in [0.25, 0.3) is 0 Å². The lowest BCUT2D eigenvalue weighted by atomic mass is 9.86. The lowest BCUT2D eigenvalue weighted by Gasteiger charge is -2.22. The van der Waals surface area contributed by atoms with Crippen molar-refractivity contribution in [1.29, 1.82) is 0 Å². The minimum absolute atomic E-state index is 0.0479. The number of carbonyl (C=O) groups excluding carboxylic acids is 1. The van der Waals surface area contributed by atoms with Crippen molar-refractivity contribution < 1.29 is 14.3 Å². The van der Waals surface area contributed by atoms with E-state index < -0.39 is 0 Å². The van der Waals surface area contributed by atoms with Gasteiger partial charge in [0.15, 0.2) is 0 Å². The van der Waals surface area contributed by atoms with E-state index in [-0.39, 0.29) is 11.3 Å². The second kappa shape index (κ2) is 7.88. The average molecular weight is 339 g/mol. The number of methoxy groups -OCH3 is 2. The number of hydrogen-bond acceptors (Lipinski definition) is 3. The lowest BCUT2D eigenvalue weighted by Crippen LogP contribution is -2.17. The van der Waals surface area contributed by atoms with Gasteiger partial charge in [-0.05, 0) is 40.8 Å². The summed E-state index contributed by atoms with van der Waals surface area (Å²) < 4.78 is 10.5. The quantitative estimate of drug-likeness (QED) is 0.806. The van der Waals surface area contributed by atoms with Crippen LogP contribution >= 0.6 is 0 Å². The summed E-state index contributed by atoms with van der Waals surface area (Å²) in [6.45, 7) is 6.36. The average Bonchev–Trinajstić information content (AvgIpc) is 2.59. The van der Waals surface area contributed by atoms with Crippen LogP contribution in [-0.2, 0) is 10.2 Å². The summed E-state index contributed by atoms with van der Waals surface area (Å²) in [7, 11) is 3.19. The fourth-order valence-corrected chi connectivity index (χ4v) is 2.52. The largest absolute Gasteiger partial charge is 0.497 e. The van der Waals surface area contributed by atoms with Gasteiger partial charge in [0.2, 0.25) is 5.91 Å². The molecule has 0 spiro atoms. The van der Waals surface area contributed by atoms with Gasteiger partial charge in [0.1, 0.15) is 11.5 Å². The Morgan fingerprint density at radius 1 is 1.00 bits per heavy atom. The predicted molar refractivity (Wildman–Crippen MR) is 102 cm³/mol. The van der Waals surface area contributed by atoms with Gasteiger partial charge < -0.3 is 14.8 Å². The topological polar surface area (TPSA) is 47.6 Å². The summed E-state index contributed by atoms with van der Waals surface area (Å²) in [6.07, 6.45) is 3.24. The number of carbonyl (C=O) groups is 1. The number of nitrogens with one attached hydrogen (secondary N) is 1. The van der Waals surface area contributed by atoms with Crippen molar-refractivity contribution in [3.05, 3.63) is 59.7 Å². The van der Waals surface area contributed by atoms with E-state index in [1.807, 2.05) is 36.4 Å². The molecule has 0 radical (unpaired) electrons. The Morgan fingerprint density at radius 3 is 2.16 bits per heavy atom. The number of ether oxygens (including phenoxy) is 2. The SMILES string of the molecule is COc1cc(/C=C/C(=O)Nc2ccccc2C(C)(C)C)cc(OC)c1. The summed E-state index contributed by atoms with van der Waals surface area (Å²) >= 11 is 0. The molecule has 25 heavy (non-hydrogen) atoms. The highest BCUT2D eigenvalue weighted by Gasteiger charge is 2.17. The molecule has 0 aliphatic carbocycles. The van der Waals surface area contributed by atoms with E-state index in [9.17, 15) is 4.79 Å². The van der Waals surface area contributed by atoms with Gasteiger partial charge in [-0.2, -0.15) is 0 Å². The van der Waals surface area contributed by atoms with Crippen LogP contribution in [-0.4, -0.2) is 20.1 Å². The maximum absolute atomic E-state index is 12.3. The molecule has 132 valence electrons. The fourth-order valence-electron chi connectivity index (χ4n) is 2.52. The van der Waals surface area contributed by atoms with E-state index in [2.05, 4.69) is 26.1 Å². The molecule has 2 aromatic rings. The molecule has 0 aliphatic rings. The maximum atomic E-state index is 12.3. The standard InChI is InChI=1S/C21H25NO3/c1-21(2,3)18-8-6-7-9-19(18)22-20(23)11-10-15-12-16(24-4)14-17(13-15)25-5/h6-14H,1-5H3,(H,22,23)/b11-10+. The van der Waals surface area contributed by atoms with Crippen molar-refractivity contribution in [3.8, 4) is 11.5 Å². The van der Waals surface area contributed by atoms with Crippen LogP contribution in [0, 0.1) is 0 Å². The highest BCUT2D eigenvalue weighted by molar-refractivity contribution is 6.02. The molecule has 0 bridgehead atoms. The van der Waals surface area contributed by atoms with E-state index in [4.69, 9.17) is 9.47 Å². The van der Waals surface area contributed by atoms with Crippen molar-refractivity contribution in [2.24, 2.45) is 0 Å². The van der Waals surface area contributed by atoms with Crippen LogP contribution in [0.25, 0.3) is 6.08 Å². The Kier molecular flexibility index (Phi) is 5.86. The highest BCUT2D eigenvalue weighted by Crippen LogP contribution is 2.29. The second-order valence-corrected chi connectivity index (χ2v) is 6.76. The first-order chi connectivity index (χ1) is 11.8. The smallest absolute Gasteiger partial charge is 0.248 e. The summed E-state index contributed by atoms with van der Waals surface area (Å²) in [5.41, 5.74) is 2.71. The molecule has 2 aromatic carbocycles. The molecule has 4 nitrogen and oxygen atoms in total. The number of amides is 1. The molecule has 0 atom stereocenters. The molecular formula is C21H25NO3. The molecule has 0 saturated heterocycles. The van der Waals surface area contributed by atoms with E-state index >= 15 is 0 Å². The van der Waals surface area contributed by atoms with Crippen LogP contribution in [0.4, 0.5) is 5.69 Å². The lowest BCUT2D eigenvalue weighted by molar-refractivity contribution is -0.111. The van der Waals surface area contributed by atoms with Crippen molar-refractivity contribution in [3.63, 3.8) is 0 Å². The molecule has 0 unspecified atom stereocenters. The van der Waals surface area contributed by atoms with Crippen LogP contribution in [0.1, 0.15) is 31.9 Å². The minimum Gasteiger partial charge on any atom is -0.497 e. The third-order valence-electron chi connectivity index (χ3n) is 3.79. The summed E-state index contributed by atoms with van der Waals surface area (Å²) in [4.78, 5) is 12.3. The first kappa shape index (κ1) is 18.6. The highest BCUT2D eigenvalue weighted by atomic mass is 16.5.